The molecular weight excluding hydrogens is 692 g/mol. The van der Waals surface area contributed by atoms with E-state index >= 15 is 0 Å². The van der Waals surface area contributed by atoms with E-state index in [-0.39, 0.29) is 35.7 Å². The Hall–Kier alpha value is -4.49. The molecule has 1 saturated heterocycles. The molecule has 1 aromatic carbocycles. The van der Waals surface area contributed by atoms with E-state index in [0.29, 0.717) is 24.9 Å². The van der Waals surface area contributed by atoms with Crippen molar-refractivity contribution < 1.29 is 38.3 Å². The molecule has 4 N–H and O–H groups in total. The first-order valence-corrected chi connectivity index (χ1v) is 19.3. The van der Waals surface area contributed by atoms with Crippen LogP contribution in [0, 0.1) is 22.7 Å². The second-order valence-electron chi connectivity index (χ2n) is 16.9. The zero-order chi connectivity index (χ0) is 40.0. The number of rotatable bonds is 15. The largest absolute Gasteiger partial charge is 0.446 e. The Morgan fingerprint density at radius 3 is 2.19 bits per heavy atom. The molecule has 0 radical (unpaired) electrons. The Kier molecular flexibility index (Phi) is 13.9. The first kappa shape index (κ1) is 42.3. The number of fused-ring (bicyclic) bond motifs is 1. The number of nitrogens with one attached hydrogen (secondary N) is 4. The molecule has 1 aliphatic heterocycles. The van der Waals surface area contributed by atoms with Gasteiger partial charge in [-0.1, -0.05) is 91.1 Å². The van der Waals surface area contributed by atoms with Gasteiger partial charge >= 0.3 is 6.09 Å². The fourth-order valence-corrected chi connectivity index (χ4v) is 7.86. The van der Waals surface area contributed by atoms with Crippen LogP contribution in [0.1, 0.15) is 105 Å². The SMILES string of the molecule is CCCCC(NC(=O)[C@@H]1C2C(CN1C(=O)[C@@H](NC(=O)OC1CCCCC1)C(C)(C)C)C2(C)C)C(=O)C(=O)NCC(=O)N[C@H](C(=O)N(C)C)c1ccccc1. The molecule has 3 fully saturated rings. The van der Waals surface area contributed by atoms with Gasteiger partial charge in [-0.05, 0) is 60.3 Å². The van der Waals surface area contributed by atoms with Crippen LogP contribution in [0.15, 0.2) is 30.3 Å². The number of ketones is 1. The normalized spacial score (nSPS) is 22.1. The number of hydrogen-bond acceptors (Lipinski definition) is 8. The van der Waals surface area contributed by atoms with Gasteiger partial charge < -0.3 is 35.8 Å². The summed E-state index contributed by atoms with van der Waals surface area (Å²) in [6, 6.07) is 4.56. The Balaban J connectivity index is 1.44. The van der Waals surface area contributed by atoms with E-state index in [2.05, 4.69) is 21.3 Å². The number of nitrogens with zero attached hydrogens (tertiary/aromatic N) is 2. The quantitative estimate of drug-likeness (QED) is 0.197. The Labute approximate surface area is 319 Å². The van der Waals surface area contributed by atoms with Crippen molar-refractivity contribution in [2.75, 3.05) is 27.2 Å². The van der Waals surface area contributed by atoms with Crippen molar-refractivity contribution in [1.82, 2.24) is 31.1 Å². The van der Waals surface area contributed by atoms with Crippen LogP contribution in [0.4, 0.5) is 4.79 Å². The van der Waals surface area contributed by atoms with Gasteiger partial charge in [0.2, 0.25) is 29.4 Å². The first-order valence-electron chi connectivity index (χ1n) is 19.3. The fraction of sp³-hybridized carbons (Fsp3) is 0.675. The number of benzene rings is 1. The number of hydrogen-bond donors (Lipinski definition) is 4. The van der Waals surface area contributed by atoms with Crippen LogP contribution in [-0.2, 0) is 33.5 Å². The average molecular weight is 753 g/mol. The lowest BCUT2D eigenvalue weighted by Gasteiger charge is -2.38. The highest BCUT2D eigenvalue weighted by Crippen LogP contribution is 2.65. The zero-order valence-electron chi connectivity index (χ0n) is 33.2. The number of likely N-dealkylation sites (N-methyl/N-ethyl adjacent to an activating group) is 1. The van der Waals surface area contributed by atoms with Crippen molar-refractivity contribution in [3.63, 3.8) is 0 Å². The second-order valence-corrected chi connectivity index (χ2v) is 16.9. The van der Waals surface area contributed by atoms with Crippen LogP contribution in [0.3, 0.4) is 0 Å². The lowest BCUT2D eigenvalue weighted by Crippen LogP contribution is -2.60. The first-order chi connectivity index (χ1) is 25.4. The van der Waals surface area contributed by atoms with Gasteiger partial charge in [0.05, 0.1) is 12.6 Å². The van der Waals surface area contributed by atoms with Gasteiger partial charge in [-0.25, -0.2) is 4.79 Å². The van der Waals surface area contributed by atoms with Gasteiger partial charge in [-0.15, -0.1) is 0 Å². The third-order valence-corrected chi connectivity index (χ3v) is 11.2. The summed E-state index contributed by atoms with van der Waals surface area (Å²) in [6.07, 6.45) is 5.16. The van der Waals surface area contributed by atoms with Crippen LogP contribution in [0.2, 0.25) is 0 Å². The average Bonchev–Trinajstić information content (AvgIpc) is 3.43. The minimum Gasteiger partial charge on any atom is -0.446 e. The van der Waals surface area contributed by atoms with Crippen LogP contribution < -0.4 is 21.3 Å². The molecule has 1 heterocycles. The predicted octanol–water partition coefficient (Wildman–Crippen LogP) is 3.25. The standard InChI is InChI=1S/C40H60N6O8/c1-9-10-21-27(32(48)35(50)41-22-28(47)43-30(36(51)45(7)8)24-17-13-11-14-18-24)42-34(49)31-29-26(40(29,5)6)23-46(31)37(52)33(39(2,3)4)44-38(53)54-25-19-15-12-16-20-25/h11,13-14,17-18,25-27,29-31,33H,9-10,12,15-16,19-23H2,1-8H3,(H,41,50)(H,42,49)(H,43,47)(H,44,53)/t26?,27?,29?,30-,31-,33+/m0/s1. The maximum absolute atomic E-state index is 14.3. The molecule has 3 aliphatic rings. The molecule has 2 saturated carbocycles. The van der Waals surface area contributed by atoms with Gasteiger partial charge in [0.15, 0.2) is 0 Å². The monoisotopic (exact) mass is 752 g/mol. The van der Waals surface area contributed by atoms with E-state index in [1.165, 1.54) is 9.80 Å². The number of piperidine rings is 1. The molecule has 6 atom stereocenters. The summed E-state index contributed by atoms with van der Waals surface area (Å²) < 4.78 is 5.68. The summed E-state index contributed by atoms with van der Waals surface area (Å²) >= 11 is 0. The fourth-order valence-electron chi connectivity index (χ4n) is 7.86. The number of likely N-dealkylation sites (tertiary alicyclic amines) is 1. The zero-order valence-corrected chi connectivity index (χ0v) is 33.2. The van der Waals surface area contributed by atoms with Gasteiger partial charge in [0.1, 0.15) is 24.2 Å². The Bertz CT molecular complexity index is 1550. The molecule has 298 valence electrons. The highest BCUT2D eigenvalue weighted by atomic mass is 16.6. The van der Waals surface area contributed by atoms with Crippen molar-refractivity contribution in [1.29, 1.82) is 0 Å². The highest BCUT2D eigenvalue weighted by Gasteiger charge is 2.70. The number of alkyl carbamates (subject to hydrolysis) is 1. The summed E-state index contributed by atoms with van der Waals surface area (Å²) in [5, 5.41) is 10.6. The summed E-state index contributed by atoms with van der Waals surface area (Å²) in [5.74, 6) is -4.13. The van der Waals surface area contributed by atoms with Crippen molar-refractivity contribution in [3.8, 4) is 0 Å². The van der Waals surface area contributed by atoms with E-state index < -0.39 is 71.6 Å². The van der Waals surface area contributed by atoms with Crippen LogP contribution in [0.25, 0.3) is 0 Å². The second kappa shape index (κ2) is 17.8. The number of unbranched alkanes of at least 4 members (excludes halogenated alkanes) is 1. The molecule has 14 heteroatoms. The van der Waals surface area contributed by atoms with Crippen molar-refractivity contribution in [2.45, 2.75) is 123 Å². The Morgan fingerprint density at radius 2 is 1.59 bits per heavy atom. The lowest BCUT2D eigenvalue weighted by molar-refractivity contribution is -0.145. The third kappa shape index (κ3) is 10.2. The topological polar surface area (TPSA) is 183 Å². The molecular formula is C40H60N6O8. The maximum atomic E-state index is 14.3. The van der Waals surface area contributed by atoms with Crippen molar-refractivity contribution >= 4 is 41.4 Å². The minimum absolute atomic E-state index is 0.0395. The van der Waals surface area contributed by atoms with Crippen LogP contribution in [-0.4, -0.2) is 103 Å². The highest BCUT2D eigenvalue weighted by molar-refractivity contribution is 6.38. The van der Waals surface area contributed by atoms with Crippen LogP contribution >= 0.6 is 0 Å². The smallest absolute Gasteiger partial charge is 0.408 e. The van der Waals surface area contributed by atoms with E-state index in [0.717, 1.165) is 32.1 Å². The molecule has 6 amide bonds. The lowest BCUT2D eigenvalue weighted by atomic mass is 9.85. The predicted molar refractivity (Wildman–Crippen MR) is 201 cm³/mol. The molecule has 3 unspecified atom stereocenters. The van der Waals surface area contributed by atoms with Gasteiger partial charge in [-0.2, -0.15) is 0 Å². The summed E-state index contributed by atoms with van der Waals surface area (Å²) in [4.78, 5) is 96.8. The molecule has 4 rings (SSSR count). The maximum Gasteiger partial charge on any atom is 0.408 e. The molecule has 2 aliphatic carbocycles. The number of carbonyl (C=O) groups excluding carboxylic acids is 7. The van der Waals surface area contributed by atoms with E-state index in [4.69, 9.17) is 4.74 Å². The summed E-state index contributed by atoms with van der Waals surface area (Å²) in [7, 11) is 3.13. The molecule has 0 bridgehead atoms. The molecule has 54 heavy (non-hydrogen) atoms. The van der Waals surface area contributed by atoms with Crippen molar-refractivity contribution in [2.24, 2.45) is 22.7 Å². The van der Waals surface area contributed by atoms with Crippen LogP contribution in [0.5, 0.6) is 0 Å². The summed E-state index contributed by atoms with van der Waals surface area (Å²) in [5.41, 5.74) is -0.391. The number of amides is 6. The molecule has 1 aromatic rings. The van der Waals surface area contributed by atoms with Gasteiger partial charge in [0.25, 0.3) is 5.91 Å². The molecule has 0 aromatic heterocycles. The summed E-state index contributed by atoms with van der Waals surface area (Å²) in [6.45, 7) is 11.3. The van der Waals surface area contributed by atoms with Crippen molar-refractivity contribution in [3.05, 3.63) is 35.9 Å². The van der Waals surface area contributed by atoms with E-state index in [1.807, 2.05) is 41.5 Å². The number of Topliss-reactive ketones (excluding diaryl/α,β-unsaturated/α-hetero) is 1. The third-order valence-electron chi connectivity index (χ3n) is 11.2. The number of ether oxygens (including phenoxy) is 1. The Morgan fingerprint density at radius 1 is 0.944 bits per heavy atom. The van der Waals surface area contributed by atoms with E-state index in [9.17, 15) is 33.6 Å². The van der Waals surface area contributed by atoms with E-state index in [1.54, 1.807) is 44.4 Å². The minimum atomic E-state index is -1.20. The van der Waals surface area contributed by atoms with Gasteiger partial charge in [0, 0.05) is 20.6 Å². The molecule has 0 spiro atoms. The number of carbonyl (C=O) groups is 7. The van der Waals surface area contributed by atoms with Gasteiger partial charge in [-0.3, -0.25) is 28.8 Å². The molecule has 14 nitrogen and oxygen atoms in total.